The lowest BCUT2D eigenvalue weighted by molar-refractivity contribution is -0.137. The Morgan fingerprint density at radius 2 is 1.73 bits per heavy atom. The molecule has 3 aliphatic rings. The average Bonchev–Trinajstić information content (AvgIpc) is 3.40. The number of anilines is 1. The van der Waals surface area contributed by atoms with Crippen molar-refractivity contribution in [3.05, 3.63) is 106 Å². The minimum absolute atomic E-state index is 0.0332. The van der Waals surface area contributed by atoms with E-state index in [0.717, 1.165) is 11.6 Å². The van der Waals surface area contributed by atoms with Gasteiger partial charge in [-0.2, -0.15) is 13.2 Å². The largest absolute Gasteiger partial charge is 0.507 e. The van der Waals surface area contributed by atoms with Crippen LogP contribution in [0.4, 0.5) is 18.9 Å². The number of rotatable bonds is 3. The Morgan fingerprint density at radius 1 is 1.00 bits per heavy atom. The molecule has 40 heavy (non-hydrogen) atoms. The van der Waals surface area contributed by atoms with Gasteiger partial charge in [0.2, 0.25) is 6.79 Å². The van der Waals surface area contributed by atoms with E-state index in [0.29, 0.717) is 41.2 Å². The zero-order valence-electron chi connectivity index (χ0n) is 21.5. The smallest absolute Gasteiger partial charge is 0.418 e. The van der Waals surface area contributed by atoms with Crippen molar-refractivity contribution < 1.29 is 32.5 Å². The summed E-state index contributed by atoms with van der Waals surface area (Å²) in [5, 5.41) is 21.0. The molecule has 1 atom stereocenters. The highest BCUT2D eigenvalue weighted by molar-refractivity contribution is 6.20. The molecule has 204 valence electrons. The molecule has 9 heteroatoms. The molecule has 0 bridgehead atoms. The number of ketones is 1. The highest BCUT2D eigenvalue weighted by Gasteiger charge is 2.45. The number of carbonyl (C=O) groups excluding carboxylic acids is 1. The normalized spacial score (nSPS) is 20.1. The summed E-state index contributed by atoms with van der Waals surface area (Å²) in [6, 6.07) is 17.1. The number of fused-ring (bicyclic) bond motifs is 1. The maximum Gasteiger partial charge on any atom is 0.418 e. The van der Waals surface area contributed by atoms with Crippen molar-refractivity contribution in [2.75, 3.05) is 11.7 Å². The topological polar surface area (TPSA) is 82.9 Å². The monoisotopic (exact) mass is 546 g/mol. The number of nitrogens with one attached hydrogen (secondary N) is 1. The van der Waals surface area contributed by atoms with Crippen LogP contribution in [-0.2, 0) is 11.0 Å². The first-order chi connectivity index (χ1) is 19.1. The number of carbonyl (C=O) groups is 1. The molecule has 2 N–H and O–H groups in total. The lowest BCUT2D eigenvalue weighted by atomic mass is 9.73. The Kier molecular flexibility index (Phi) is 6.17. The number of hydrogen-bond donors (Lipinski definition) is 2. The van der Waals surface area contributed by atoms with Gasteiger partial charge in [-0.15, -0.1) is 0 Å². The van der Waals surface area contributed by atoms with Gasteiger partial charge < -0.3 is 14.6 Å². The third-order valence-electron chi connectivity index (χ3n) is 7.52. The number of alkyl halides is 3. The lowest BCUT2D eigenvalue weighted by Crippen LogP contribution is -2.43. The molecule has 0 fully saturated rings. The van der Waals surface area contributed by atoms with Crippen LogP contribution in [0.1, 0.15) is 47.4 Å². The second kappa shape index (κ2) is 9.59. The number of hydrogen-bond acceptors (Lipinski definition) is 5. The number of benzene rings is 3. The predicted molar refractivity (Wildman–Crippen MR) is 144 cm³/mol. The molecule has 2 heterocycles. The van der Waals surface area contributed by atoms with Crippen LogP contribution in [0.15, 0.2) is 83.6 Å². The van der Waals surface area contributed by atoms with Crippen molar-refractivity contribution in [2.24, 2.45) is 0 Å². The molecule has 0 spiro atoms. The standard InChI is InChI=1S/C31H25F3N2O4/c1-17-9-11-18(12-10-17)29(38)28-26(19-13-14-24-25(15-19)40-16-39-24)27-22(7-4-8-23(27)37)36(30(28)35)21-6-3-2-5-20(21)31(32,33)34/h2-3,5-6,9-15,26,35,38H,4,7-8,16H2,1H3/t26-/m1/s1. The van der Waals surface area contributed by atoms with E-state index >= 15 is 0 Å². The fraction of sp³-hybridized carbons (Fsp3) is 0.226. The third kappa shape index (κ3) is 4.22. The van der Waals surface area contributed by atoms with Crippen LogP contribution in [0.25, 0.3) is 5.76 Å². The van der Waals surface area contributed by atoms with Crippen LogP contribution in [0.5, 0.6) is 11.5 Å². The van der Waals surface area contributed by atoms with E-state index in [1.807, 2.05) is 6.92 Å². The summed E-state index contributed by atoms with van der Waals surface area (Å²) in [7, 11) is 0. The number of aliphatic hydroxyl groups excluding tert-OH is 1. The summed E-state index contributed by atoms with van der Waals surface area (Å²) >= 11 is 0. The highest BCUT2D eigenvalue weighted by Crippen LogP contribution is 2.50. The van der Waals surface area contributed by atoms with Gasteiger partial charge in [-0.05, 0) is 49.6 Å². The van der Waals surface area contributed by atoms with Crippen LogP contribution < -0.4 is 14.4 Å². The van der Waals surface area contributed by atoms with Crippen LogP contribution in [0, 0.1) is 12.3 Å². The predicted octanol–water partition coefficient (Wildman–Crippen LogP) is 7.30. The molecule has 0 aromatic heterocycles. The zero-order chi connectivity index (χ0) is 28.2. The van der Waals surface area contributed by atoms with Gasteiger partial charge in [0.05, 0.1) is 11.3 Å². The third-order valence-corrected chi connectivity index (χ3v) is 7.52. The molecular formula is C31H25F3N2O4. The maximum atomic E-state index is 14.2. The molecule has 3 aromatic carbocycles. The molecule has 0 amide bonds. The number of aryl methyl sites for hydroxylation is 1. The van der Waals surface area contributed by atoms with Crippen LogP contribution >= 0.6 is 0 Å². The number of Topliss-reactive ketones (excluding diaryl/α,β-unsaturated/α-hetero) is 1. The Balaban J connectivity index is 1.66. The van der Waals surface area contributed by atoms with E-state index < -0.39 is 17.7 Å². The van der Waals surface area contributed by atoms with Gasteiger partial charge in [-0.1, -0.05) is 48.0 Å². The summed E-state index contributed by atoms with van der Waals surface area (Å²) in [6.45, 7) is 1.92. The maximum absolute atomic E-state index is 14.2. The zero-order valence-corrected chi connectivity index (χ0v) is 21.5. The van der Waals surface area contributed by atoms with Crippen molar-refractivity contribution in [2.45, 2.75) is 38.3 Å². The molecule has 6 nitrogen and oxygen atoms in total. The summed E-state index contributed by atoms with van der Waals surface area (Å²) in [4.78, 5) is 14.8. The number of halogens is 3. The van der Waals surface area contributed by atoms with Gasteiger partial charge in [-0.3, -0.25) is 15.1 Å². The first-order valence-electron chi connectivity index (χ1n) is 12.9. The van der Waals surface area contributed by atoms with Gasteiger partial charge >= 0.3 is 6.18 Å². The minimum atomic E-state index is -4.70. The number of amidine groups is 1. The number of aliphatic hydroxyl groups is 1. The van der Waals surface area contributed by atoms with Crippen LogP contribution in [-0.4, -0.2) is 23.5 Å². The fourth-order valence-electron chi connectivity index (χ4n) is 5.66. The van der Waals surface area contributed by atoms with E-state index in [-0.39, 0.29) is 47.4 Å². The average molecular weight is 547 g/mol. The molecule has 0 unspecified atom stereocenters. The van der Waals surface area contributed by atoms with Crippen molar-refractivity contribution in [1.29, 1.82) is 5.41 Å². The molecule has 1 aliphatic carbocycles. The van der Waals surface area contributed by atoms with E-state index in [1.54, 1.807) is 42.5 Å². The Bertz CT molecular complexity index is 1610. The van der Waals surface area contributed by atoms with Crippen molar-refractivity contribution in [1.82, 2.24) is 0 Å². The van der Waals surface area contributed by atoms with E-state index in [4.69, 9.17) is 9.47 Å². The van der Waals surface area contributed by atoms with E-state index in [1.165, 1.54) is 23.1 Å². The lowest BCUT2D eigenvalue weighted by Gasteiger charge is -2.42. The molecule has 0 saturated carbocycles. The van der Waals surface area contributed by atoms with Gasteiger partial charge in [0.25, 0.3) is 0 Å². The fourth-order valence-corrected chi connectivity index (χ4v) is 5.66. The molecular weight excluding hydrogens is 521 g/mol. The quantitative estimate of drug-likeness (QED) is 0.337. The van der Waals surface area contributed by atoms with Crippen molar-refractivity contribution >= 4 is 23.1 Å². The molecule has 2 aliphatic heterocycles. The first-order valence-corrected chi connectivity index (χ1v) is 12.9. The summed E-state index contributed by atoms with van der Waals surface area (Å²) < 4.78 is 53.6. The van der Waals surface area contributed by atoms with Crippen LogP contribution in [0.3, 0.4) is 0 Å². The number of allylic oxidation sites excluding steroid dienone is 2. The number of nitrogens with zero attached hydrogens (tertiary/aromatic N) is 1. The van der Waals surface area contributed by atoms with Gasteiger partial charge in [0.15, 0.2) is 17.3 Å². The molecule has 3 aromatic rings. The van der Waals surface area contributed by atoms with Gasteiger partial charge in [-0.25, -0.2) is 0 Å². The number of para-hydroxylation sites is 1. The summed E-state index contributed by atoms with van der Waals surface area (Å²) in [5.74, 6) is -0.778. The van der Waals surface area contributed by atoms with E-state index in [2.05, 4.69) is 0 Å². The Labute approximate surface area is 228 Å². The summed E-state index contributed by atoms with van der Waals surface area (Å²) in [5.41, 5.74) is 1.34. The van der Waals surface area contributed by atoms with Gasteiger partial charge in [0.1, 0.15) is 11.6 Å². The van der Waals surface area contributed by atoms with E-state index in [9.17, 15) is 28.5 Å². The first kappa shape index (κ1) is 25.7. The SMILES string of the molecule is Cc1ccc(C(O)=C2C(=N)N(c3ccccc3C(F)(F)F)C3=C(C(=O)CCC3)[C@H]2c2ccc3c(c2)OCO3)cc1. The minimum Gasteiger partial charge on any atom is -0.507 e. The Morgan fingerprint density at radius 3 is 2.48 bits per heavy atom. The second-order valence-corrected chi connectivity index (χ2v) is 10.0. The van der Waals surface area contributed by atoms with Crippen molar-refractivity contribution in [3.63, 3.8) is 0 Å². The molecule has 6 rings (SSSR count). The second-order valence-electron chi connectivity index (χ2n) is 10.0. The Hall–Kier alpha value is -4.53. The van der Waals surface area contributed by atoms with Crippen LogP contribution in [0.2, 0.25) is 0 Å². The number of ether oxygens (including phenoxy) is 2. The summed E-state index contributed by atoms with van der Waals surface area (Å²) in [6.07, 6.45) is -3.75. The molecule has 0 radical (unpaired) electrons. The highest BCUT2D eigenvalue weighted by atomic mass is 19.4. The van der Waals surface area contributed by atoms with Crippen molar-refractivity contribution in [3.8, 4) is 11.5 Å². The van der Waals surface area contributed by atoms with Gasteiger partial charge in [0, 0.05) is 34.7 Å². The molecule has 0 saturated heterocycles.